The largest absolute Gasteiger partial charge is 0.251 e. The lowest BCUT2D eigenvalue weighted by atomic mass is 9.94. The monoisotopic (exact) mass is 289 g/mol. The first kappa shape index (κ1) is 15.9. The Hall–Kier alpha value is 0.797. The van der Waals surface area contributed by atoms with Crippen LogP contribution in [0.2, 0.25) is 12.1 Å². The number of hydrogen-bond donors (Lipinski definition) is 0. The lowest BCUT2D eigenvalue weighted by Gasteiger charge is -2.24. The zero-order valence-corrected chi connectivity index (χ0v) is 13.4. The maximum atomic E-state index is 6.53. The molecule has 0 spiro atoms. The highest BCUT2D eigenvalue weighted by atomic mass is 35.7. The summed E-state index contributed by atoms with van der Waals surface area (Å²) >= 11 is 13.1. The molecular weight excluding hydrogens is 267 g/mol. The first-order chi connectivity index (χ1) is 8.05. The molecule has 0 saturated heterocycles. The van der Waals surface area contributed by atoms with Crippen molar-refractivity contribution in [3.8, 4) is 0 Å². The van der Waals surface area contributed by atoms with E-state index in [1.165, 1.54) is 31.6 Å². The van der Waals surface area contributed by atoms with Gasteiger partial charge >= 0.3 is 0 Å². The van der Waals surface area contributed by atoms with Gasteiger partial charge in [0.1, 0.15) is 0 Å². The quantitative estimate of drug-likeness (QED) is 0.313. The molecule has 3 heteroatoms. The van der Waals surface area contributed by atoms with E-state index in [0.29, 0.717) is 5.92 Å². The molecular formula is C14H23Cl2Si. The van der Waals surface area contributed by atoms with Gasteiger partial charge in [0.05, 0.1) is 0 Å². The molecule has 0 nitrogen and oxygen atoms in total. The number of hydrogen-bond acceptors (Lipinski definition) is 0. The van der Waals surface area contributed by atoms with Crippen molar-refractivity contribution in [2.45, 2.75) is 51.6 Å². The summed E-state index contributed by atoms with van der Waals surface area (Å²) in [6, 6.07) is 2.02. The predicted octanol–water partition coefficient (Wildman–Crippen LogP) is 5.53. The van der Waals surface area contributed by atoms with Gasteiger partial charge in [-0.3, -0.25) is 0 Å². The van der Waals surface area contributed by atoms with E-state index < -0.39 is 6.69 Å². The van der Waals surface area contributed by atoms with E-state index in [-0.39, 0.29) is 0 Å². The lowest BCUT2D eigenvalue weighted by molar-refractivity contribution is 0.681. The molecule has 0 aromatic rings. The highest BCUT2D eigenvalue weighted by Gasteiger charge is 2.34. The minimum Gasteiger partial charge on any atom is -0.146 e. The van der Waals surface area contributed by atoms with Gasteiger partial charge < -0.3 is 0 Å². The zero-order valence-electron chi connectivity index (χ0n) is 10.9. The molecule has 1 aliphatic rings. The molecule has 1 unspecified atom stereocenters. The Bertz CT molecular complexity index is 200. The van der Waals surface area contributed by atoms with E-state index in [1.54, 1.807) is 0 Å². The van der Waals surface area contributed by atoms with Gasteiger partial charge in [-0.2, -0.15) is 0 Å². The summed E-state index contributed by atoms with van der Waals surface area (Å²) in [4.78, 5) is 0. The van der Waals surface area contributed by atoms with Crippen LogP contribution >= 0.6 is 22.2 Å². The van der Waals surface area contributed by atoms with E-state index in [0.717, 1.165) is 12.1 Å². The first-order valence-corrected chi connectivity index (χ1v) is 11.1. The van der Waals surface area contributed by atoms with Crippen molar-refractivity contribution in [3.05, 3.63) is 31.6 Å². The molecule has 1 rings (SSSR count). The van der Waals surface area contributed by atoms with Gasteiger partial charge in [-0.05, 0) is 49.6 Å². The van der Waals surface area contributed by atoms with Crippen molar-refractivity contribution in [2.24, 2.45) is 5.92 Å². The van der Waals surface area contributed by atoms with Crippen LogP contribution in [0.25, 0.3) is 0 Å². The van der Waals surface area contributed by atoms with Crippen molar-refractivity contribution in [1.29, 1.82) is 0 Å². The molecule has 0 N–H and O–H groups in total. The van der Waals surface area contributed by atoms with Gasteiger partial charge in [-0.1, -0.05) is 39.5 Å². The van der Waals surface area contributed by atoms with Crippen molar-refractivity contribution >= 4 is 28.9 Å². The van der Waals surface area contributed by atoms with Crippen LogP contribution in [0.3, 0.4) is 0 Å². The Kier molecular flexibility index (Phi) is 7.52. The summed E-state index contributed by atoms with van der Waals surface area (Å²) in [5.41, 5.74) is 0. The Morgan fingerprint density at radius 3 is 2.35 bits per heavy atom. The van der Waals surface area contributed by atoms with Crippen LogP contribution < -0.4 is 0 Å². The van der Waals surface area contributed by atoms with Crippen LogP contribution in [-0.4, -0.2) is 6.69 Å². The molecule has 1 saturated carbocycles. The van der Waals surface area contributed by atoms with Crippen LogP contribution in [0.4, 0.5) is 0 Å². The third-order valence-electron chi connectivity index (χ3n) is 3.26. The highest BCUT2D eigenvalue weighted by Crippen LogP contribution is 2.39. The van der Waals surface area contributed by atoms with E-state index in [9.17, 15) is 0 Å². The van der Waals surface area contributed by atoms with Crippen LogP contribution in [-0.2, 0) is 0 Å². The molecule has 17 heavy (non-hydrogen) atoms. The predicted molar refractivity (Wildman–Crippen MR) is 80.8 cm³/mol. The molecule has 0 aromatic heterocycles. The maximum Gasteiger partial charge on any atom is 0.251 e. The Morgan fingerprint density at radius 2 is 1.76 bits per heavy atom. The van der Waals surface area contributed by atoms with E-state index in [2.05, 4.69) is 39.5 Å². The van der Waals surface area contributed by atoms with Gasteiger partial charge in [0.2, 0.25) is 0 Å². The number of rotatable bonds is 8. The molecule has 0 bridgehead atoms. The zero-order chi connectivity index (χ0) is 12.7. The molecule has 0 heterocycles. The van der Waals surface area contributed by atoms with Crippen molar-refractivity contribution < 1.29 is 0 Å². The topological polar surface area (TPSA) is 0 Å². The Morgan fingerprint density at radius 1 is 1.12 bits per heavy atom. The third kappa shape index (κ3) is 6.49. The summed E-state index contributed by atoms with van der Waals surface area (Å²) in [5.74, 6) is 1.87. The van der Waals surface area contributed by atoms with E-state index in [1.807, 2.05) is 0 Å². The van der Waals surface area contributed by atoms with E-state index in [4.69, 9.17) is 22.2 Å². The summed E-state index contributed by atoms with van der Waals surface area (Å²) in [5, 5.41) is 0. The second-order valence-corrected chi connectivity index (χ2v) is 12.5. The normalized spacial score (nSPS) is 19.8. The standard InChI is InChI=1S/C14H23Cl2Si/c1-3-4-5-8-11-17(15,16)12-13(2)14-9-6-7-10-14/h6-7,9-10,13H,3-5,8,11-12H2,1-2H3. The van der Waals surface area contributed by atoms with Crippen LogP contribution in [0.5, 0.6) is 0 Å². The Balaban J connectivity index is 2.21. The molecule has 0 aromatic carbocycles. The van der Waals surface area contributed by atoms with Crippen molar-refractivity contribution in [2.75, 3.05) is 0 Å². The lowest BCUT2D eigenvalue weighted by Crippen LogP contribution is -2.24. The van der Waals surface area contributed by atoms with Gasteiger partial charge in [0.25, 0.3) is 6.69 Å². The fourth-order valence-corrected chi connectivity index (χ4v) is 6.49. The van der Waals surface area contributed by atoms with E-state index >= 15 is 0 Å². The van der Waals surface area contributed by atoms with Gasteiger partial charge in [-0.15, -0.1) is 22.2 Å². The van der Waals surface area contributed by atoms with Gasteiger partial charge in [0, 0.05) is 0 Å². The third-order valence-corrected chi connectivity index (χ3v) is 7.61. The summed E-state index contributed by atoms with van der Waals surface area (Å²) in [6.07, 6.45) is 13.5. The molecule has 97 valence electrons. The number of halogens is 2. The van der Waals surface area contributed by atoms with Crippen molar-refractivity contribution in [3.63, 3.8) is 0 Å². The first-order valence-electron chi connectivity index (χ1n) is 6.64. The molecule has 5 radical (unpaired) electrons. The average Bonchev–Trinajstić information content (AvgIpc) is 2.77. The minimum absolute atomic E-state index is 0.498. The summed E-state index contributed by atoms with van der Waals surface area (Å²) in [6.45, 7) is 2.43. The smallest absolute Gasteiger partial charge is 0.146 e. The van der Waals surface area contributed by atoms with Crippen molar-refractivity contribution in [1.82, 2.24) is 0 Å². The summed E-state index contributed by atoms with van der Waals surface area (Å²) in [7, 11) is 0. The fourth-order valence-electron chi connectivity index (χ4n) is 2.20. The fraction of sp³-hybridized carbons (Fsp3) is 0.643. The summed E-state index contributed by atoms with van der Waals surface area (Å²) < 4.78 is 0. The Labute approximate surface area is 118 Å². The second kappa shape index (κ2) is 8.07. The van der Waals surface area contributed by atoms with Gasteiger partial charge in [0.15, 0.2) is 0 Å². The van der Waals surface area contributed by atoms with Gasteiger partial charge in [-0.25, -0.2) is 0 Å². The maximum absolute atomic E-state index is 6.53. The number of unbranched alkanes of at least 4 members (excludes halogenated alkanes) is 3. The minimum atomic E-state index is -2.03. The van der Waals surface area contributed by atoms with Crippen LogP contribution in [0.1, 0.15) is 39.5 Å². The highest BCUT2D eigenvalue weighted by molar-refractivity contribution is 7.45. The molecule has 0 amide bonds. The molecule has 0 aliphatic heterocycles. The van der Waals surface area contributed by atoms with Crippen LogP contribution in [0.15, 0.2) is 0 Å². The molecule has 1 fully saturated rings. The molecule has 1 atom stereocenters. The second-order valence-electron chi connectivity index (χ2n) is 4.99. The van der Waals surface area contributed by atoms with Crippen LogP contribution in [0, 0.1) is 37.5 Å². The SMILES string of the molecule is CCCCCC[Si](Cl)(Cl)CC(C)[C]1[CH][CH][CH][CH]1. The molecule has 1 aliphatic carbocycles. The average molecular weight is 290 g/mol.